The molecule has 1 aromatic heterocycles. The SMILES string of the molecule is COC(=O)C1=C(C)N([C@@H](C)c2ccccc2)C(=O)/C1=C/c1ccc(CNS(=O)(=O)c2ccccc2)o1. The van der Waals surface area contributed by atoms with Gasteiger partial charge in [0.25, 0.3) is 5.91 Å². The number of methoxy groups -OCH3 is 1. The lowest BCUT2D eigenvalue weighted by Gasteiger charge is -2.26. The zero-order chi connectivity index (χ0) is 25.9. The smallest absolute Gasteiger partial charge is 0.340 e. The molecule has 4 rings (SSSR count). The van der Waals surface area contributed by atoms with Gasteiger partial charge in [-0.1, -0.05) is 48.5 Å². The maximum absolute atomic E-state index is 13.5. The number of rotatable bonds is 8. The minimum absolute atomic E-state index is 0.0791. The van der Waals surface area contributed by atoms with Gasteiger partial charge in [-0.3, -0.25) is 4.79 Å². The average Bonchev–Trinajstić information content (AvgIpc) is 3.44. The Hall–Kier alpha value is -3.95. The molecule has 0 bridgehead atoms. The summed E-state index contributed by atoms with van der Waals surface area (Å²) in [6, 6.07) is 20.4. The Bertz CT molecular complexity index is 1440. The monoisotopic (exact) mass is 506 g/mol. The van der Waals surface area contributed by atoms with E-state index in [1.807, 2.05) is 37.3 Å². The number of esters is 1. The fourth-order valence-electron chi connectivity index (χ4n) is 4.10. The van der Waals surface area contributed by atoms with Gasteiger partial charge in [0.15, 0.2) is 0 Å². The molecule has 9 heteroatoms. The van der Waals surface area contributed by atoms with E-state index in [2.05, 4.69) is 4.72 Å². The number of hydrogen-bond acceptors (Lipinski definition) is 6. The van der Waals surface area contributed by atoms with Crippen molar-refractivity contribution in [1.29, 1.82) is 0 Å². The van der Waals surface area contributed by atoms with Crippen molar-refractivity contribution in [3.63, 3.8) is 0 Å². The Labute approximate surface area is 209 Å². The Morgan fingerprint density at radius 3 is 2.33 bits per heavy atom. The standard InChI is InChI=1S/C27H26N2O6S/c1-18(20-10-6-4-7-11-20)29-19(2)25(27(31)34-3)24(26(29)30)16-21-14-15-22(35-21)17-28-36(32,33)23-12-8-5-9-13-23/h4-16,18,28H,17H2,1-3H3/b24-16+/t18-/m0/s1. The summed E-state index contributed by atoms with van der Waals surface area (Å²) >= 11 is 0. The molecule has 1 aliphatic rings. The molecule has 0 radical (unpaired) electrons. The summed E-state index contributed by atoms with van der Waals surface area (Å²) < 4.78 is 38.1. The lowest BCUT2D eigenvalue weighted by Crippen LogP contribution is -2.28. The lowest BCUT2D eigenvalue weighted by atomic mass is 10.1. The van der Waals surface area contributed by atoms with Crippen molar-refractivity contribution in [3.05, 3.63) is 107 Å². The molecule has 0 saturated carbocycles. The maximum Gasteiger partial charge on any atom is 0.340 e. The van der Waals surface area contributed by atoms with Crippen LogP contribution in [0.2, 0.25) is 0 Å². The van der Waals surface area contributed by atoms with Crippen LogP contribution in [0.4, 0.5) is 0 Å². The third kappa shape index (κ3) is 5.02. The largest absolute Gasteiger partial charge is 0.465 e. The first-order valence-electron chi connectivity index (χ1n) is 11.3. The maximum atomic E-state index is 13.5. The minimum Gasteiger partial charge on any atom is -0.465 e. The van der Waals surface area contributed by atoms with E-state index in [9.17, 15) is 18.0 Å². The van der Waals surface area contributed by atoms with Crippen LogP contribution < -0.4 is 4.72 Å². The highest BCUT2D eigenvalue weighted by Gasteiger charge is 2.39. The molecule has 36 heavy (non-hydrogen) atoms. The van der Waals surface area contributed by atoms with Gasteiger partial charge >= 0.3 is 5.97 Å². The number of sulfonamides is 1. The summed E-state index contributed by atoms with van der Waals surface area (Å²) in [6.45, 7) is 3.51. The van der Waals surface area contributed by atoms with Crippen LogP contribution in [0.1, 0.15) is 37.0 Å². The van der Waals surface area contributed by atoms with Crippen molar-refractivity contribution in [1.82, 2.24) is 9.62 Å². The van der Waals surface area contributed by atoms with Gasteiger partial charge in [-0.05, 0) is 49.8 Å². The van der Waals surface area contributed by atoms with E-state index in [-0.39, 0.29) is 34.5 Å². The zero-order valence-corrected chi connectivity index (χ0v) is 20.9. The van der Waals surface area contributed by atoms with Crippen LogP contribution in [-0.2, 0) is 30.9 Å². The number of benzene rings is 2. The van der Waals surface area contributed by atoms with Crippen LogP contribution in [0.15, 0.2) is 99.0 Å². The van der Waals surface area contributed by atoms with Gasteiger partial charge in [0.2, 0.25) is 10.0 Å². The lowest BCUT2D eigenvalue weighted by molar-refractivity contribution is -0.136. The minimum atomic E-state index is -3.71. The molecule has 186 valence electrons. The number of carbonyl (C=O) groups is 2. The molecular formula is C27H26N2O6S. The van der Waals surface area contributed by atoms with E-state index < -0.39 is 16.0 Å². The third-order valence-corrected chi connectivity index (χ3v) is 7.38. The van der Waals surface area contributed by atoms with Gasteiger partial charge in [0.05, 0.1) is 35.7 Å². The zero-order valence-electron chi connectivity index (χ0n) is 20.1. The van der Waals surface area contributed by atoms with Crippen molar-refractivity contribution in [2.24, 2.45) is 0 Å². The molecule has 0 spiro atoms. The second-order valence-electron chi connectivity index (χ2n) is 8.21. The number of amides is 1. The first-order valence-corrected chi connectivity index (χ1v) is 12.7. The quantitative estimate of drug-likeness (QED) is 0.363. The Morgan fingerprint density at radius 2 is 1.69 bits per heavy atom. The predicted octanol–water partition coefficient (Wildman–Crippen LogP) is 4.19. The first-order chi connectivity index (χ1) is 17.2. The Balaban J connectivity index is 1.59. The summed E-state index contributed by atoms with van der Waals surface area (Å²) in [5.41, 5.74) is 1.71. The van der Waals surface area contributed by atoms with Gasteiger partial charge in [0, 0.05) is 5.70 Å². The first kappa shape index (κ1) is 25.2. The van der Waals surface area contributed by atoms with E-state index in [0.717, 1.165) is 5.56 Å². The van der Waals surface area contributed by atoms with Crippen LogP contribution in [0.25, 0.3) is 6.08 Å². The van der Waals surface area contributed by atoms with E-state index in [4.69, 9.17) is 9.15 Å². The van der Waals surface area contributed by atoms with E-state index >= 15 is 0 Å². The highest BCUT2D eigenvalue weighted by atomic mass is 32.2. The number of nitrogens with one attached hydrogen (secondary N) is 1. The van der Waals surface area contributed by atoms with Crippen LogP contribution >= 0.6 is 0 Å². The van der Waals surface area contributed by atoms with Crippen LogP contribution in [0.3, 0.4) is 0 Å². The molecular weight excluding hydrogens is 480 g/mol. The number of ether oxygens (including phenoxy) is 1. The molecule has 0 fully saturated rings. The number of nitrogens with zero attached hydrogens (tertiary/aromatic N) is 1. The number of furan rings is 1. The van der Waals surface area contributed by atoms with Gasteiger partial charge < -0.3 is 14.1 Å². The molecule has 1 aliphatic heterocycles. The molecule has 2 heterocycles. The van der Waals surface area contributed by atoms with Crippen LogP contribution in [0.5, 0.6) is 0 Å². The predicted molar refractivity (Wildman–Crippen MR) is 134 cm³/mol. The Morgan fingerprint density at radius 1 is 1.06 bits per heavy atom. The van der Waals surface area contributed by atoms with E-state index in [1.165, 1.54) is 25.3 Å². The van der Waals surface area contributed by atoms with Crippen molar-refractivity contribution < 1.29 is 27.2 Å². The average molecular weight is 507 g/mol. The molecule has 0 aliphatic carbocycles. The van der Waals surface area contributed by atoms with Crippen molar-refractivity contribution in [3.8, 4) is 0 Å². The summed E-state index contributed by atoms with van der Waals surface area (Å²) in [4.78, 5) is 27.8. The molecule has 1 N–H and O–H groups in total. The molecule has 3 aromatic rings. The van der Waals surface area contributed by atoms with Gasteiger partial charge in [-0.2, -0.15) is 0 Å². The summed E-state index contributed by atoms with van der Waals surface area (Å²) in [5.74, 6) is -0.332. The second kappa shape index (κ2) is 10.3. The number of hydrogen-bond donors (Lipinski definition) is 1. The molecule has 0 unspecified atom stereocenters. The molecule has 2 aromatic carbocycles. The topological polar surface area (TPSA) is 106 Å². The van der Waals surface area contributed by atoms with Crippen LogP contribution in [0, 0.1) is 0 Å². The fraction of sp³-hybridized carbons (Fsp3) is 0.185. The summed E-state index contributed by atoms with van der Waals surface area (Å²) in [7, 11) is -2.45. The highest BCUT2D eigenvalue weighted by molar-refractivity contribution is 7.89. The Kier molecular flexibility index (Phi) is 7.23. The van der Waals surface area contributed by atoms with Crippen molar-refractivity contribution in [2.45, 2.75) is 31.3 Å². The molecule has 1 amide bonds. The summed E-state index contributed by atoms with van der Waals surface area (Å²) in [6.07, 6.45) is 1.48. The molecule has 8 nitrogen and oxygen atoms in total. The summed E-state index contributed by atoms with van der Waals surface area (Å²) in [5, 5.41) is 0. The van der Waals surface area contributed by atoms with E-state index in [1.54, 1.807) is 42.2 Å². The van der Waals surface area contributed by atoms with Gasteiger partial charge in [-0.25, -0.2) is 17.9 Å². The van der Waals surface area contributed by atoms with Gasteiger partial charge in [-0.15, -0.1) is 0 Å². The van der Waals surface area contributed by atoms with Crippen LogP contribution in [-0.4, -0.2) is 32.3 Å². The normalized spacial score (nSPS) is 16.0. The number of allylic oxidation sites excluding steroid dienone is 1. The molecule has 1 atom stereocenters. The van der Waals surface area contributed by atoms with Crippen molar-refractivity contribution >= 4 is 28.0 Å². The van der Waals surface area contributed by atoms with Crippen molar-refractivity contribution in [2.75, 3.05) is 7.11 Å². The van der Waals surface area contributed by atoms with E-state index in [0.29, 0.717) is 17.2 Å². The highest BCUT2D eigenvalue weighted by Crippen LogP contribution is 2.37. The second-order valence-corrected chi connectivity index (χ2v) is 9.98. The molecule has 0 saturated heterocycles. The van der Waals surface area contributed by atoms with Gasteiger partial charge in [0.1, 0.15) is 11.5 Å². The fourth-order valence-corrected chi connectivity index (χ4v) is 5.12. The number of carbonyl (C=O) groups excluding carboxylic acids is 2. The third-order valence-electron chi connectivity index (χ3n) is 5.96.